The minimum atomic E-state index is -0.0913. The highest BCUT2D eigenvalue weighted by atomic mass is 35.5. The van der Waals surface area contributed by atoms with Gasteiger partial charge in [-0.1, -0.05) is 41.9 Å². The molecule has 2 N–H and O–H groups in total. The summed E-state index contributed by atoms with van der Waals surface area (Å²) >= 11 is 8.72. The van der Waals surface area contributed by atoms with Crippen LogP contribution >= 0.6 is 35.1 Å². The van der Waals surface area contributed by atoms with Gasteiger partial charge in [-0.15, -0.1) is 0 Å². The molecule has 0 radical (unpaired) electrons. The molecule has 0 amide bonds. The molecule has 0 fully saturated rings. The number of anilines is 1. The van der Waals surface area contributed by atoms with Gasteiger partial charge < -0.3 is 5.32 Å². The molecular formula is C17H18ClN5OS2. The number of H-pyrrole nitrogens is 1. The summed E-state index contributed by atoms with van der Waals surface area (Å²) in [6, 6.07) is 10.1. The van der Waals surface area contributed by atoms with Gasteiger partial charge in [-0.2, -0.15) is 20.5 Å². The van der Waals surface area contributed by atoms with Crippen molar-refractivity contribution < 1.29 is 0 Å². The fourth-order valence-corrected chi connectivity index (χ4v) is 3.97. The second-order valence-electron chi connectivity index (χ2n) is 5.55. The normalized spacial score (nSPS) is 10.8. The zero-order chi connectivity index (χ0) is 18.2. The number of aromatic amines is 1. The van der Waals surface area contributed by atoms with Gasteiger partial charge in [0.25, 0.3) is 5.56 Å². The van der Waals surface area contributed by atoms with E-state index < -0.39 is 0 Å². The number of benzene rings is 1. The van der Waals surface area contributed by atoms with E-state index in [4.69, 9.17) is 11.6 Å². The highest BCUT2D eigenvalue weighted by molar-refractivity contribution is 7.98. The van der Waals surface area contributed by atoms with Gasteiger partial charge in [0.2, 0.25) is 5.95 Å². The summed E-state index contributed by atoms with van der Waals surface area (Å²) < 4.78 is 8.06. The lowest BCUT2D eigenvalue weighted by Crippen LogP contribution is -2.18. The van der Waals surface area contributed by atoms with E-state index in [9.17, 15) is 4.79 Å². The summed E-state index contributed by atoms with van der Waals surface area (Å²) in [4.78, 5) is 19.3. The van der Waals surface area contributed by atoms with Crippen LogP contribution < -0.4 is 10.9 Å². The van der Waals surface area contributed by atoms with E-state index in [1.54, 1.807) is 18.0 Å². The predicted molar refractivity (Wildman–Crippen MR) is 108 cm³/mol. The van der Waals surface area contributed by atoms with Gasteiger partial charge in [-0.05, 0) is 18.4 Å². The summed E-state index contributed by atoms with van der Waals surface area (Å²) in [7, 11) is 0. The van der Waals surface area contributed by atoms with Crippen LogP contribution in [0.15, 0.2) is 41.3 Å². The zero-order valence-corrected chi connectivity index (χ0v) is 16.3. The van der Waals surface area contributed by atoms with E-state index in [0.29, 0.717) is 29.6 Å². The molecule has 0 atom stereocenters. The smallest absolute Gasteiger partial charge is 0.255 e. The Hall–Kier alpha value is -1.90. The Bertz CT molecular complexity index is 884. The molecule has 0 aliphatic heterocycles. The molecule has 1 aromatic carbocycles. The lowest BCUT2D eigenvalue weighted by Gasteiger charge is -2.06. The summed E-state index contributed by atoms with van der Waals surface area (Å²) in [6.45, 7) is 0.687. The first kappa shape index (κ1) is 18.9. The van der Waals surface area contributed by atoms with Crippen molar-refractivity contribution in [3.63, 3.8) is 0 Å². The molecule has 0 aliphatic rings. The number of hydrogen-bond donors (Lipinski definition) is 2. The molecule has 2 aromatic heterocycles. The molecule has 0 unspecified atom stereocenters. The third-order valence-electron chi connectivity index (χ3n) is 3.69. The van der Waals surface area contributed by atoms with Crippen LogP contribution in [-0.4, -0.2) is 31.0 Å². The number of aryl methyl sites for hydroxylation is 2. The van der Waals surface area contributed by atoms with E-state index in [0.717, 1.165) is 35.3 Å². The fourth-order valence-electron chi connectivity index (χ4n) is 2.31. The maximum atomic E-state index is 12.2. The molecule has 136 valence electrons. The first-order chi connectivity index (χ1) is 12.7. The number of aromatic nitrogens is 4. The molecule has 26 heavy (non-hydrogen) atoms. The first-order valence-corrected chi connectivity index (χ1v) is 10.4. The molecular weight excluding hydrogens is 390 g/mol. The molecule has 0 aliphatic carbocycles. The number of thioether (sulfide) groups is 1. The van der Waals surface area contributed by atoms with Crippen molar-refractivity contribution in [3.8, 4) is 0 Å². The molecule has 0 saturated carbocycles. The Morgan fingerprint density at radius 2 is 2.04 bits per heavy atom. The molecule has 3 rings (SSSR count). The van der Waals surface area contributed by atoms with E-state index >= 15 is 0 Å². The van der Waals surface area contributed by atoms with Gasteiger partial charge in [0.1, 0.15) is 5.69 Å². The van der Waals surface area contributed by atoms with Crippen molar-refractivity contribution in [2.75, 3.05) is 17.6 Å². The summed E-state index contributed by atoms with van der Waals surface area (Å²) in [6.07, 6.45) is 3.14. The third-order valence-corrected chi connectivity index (χ3v) is 5.63. The standard InChI is InChI=1S/C17H18ClN5OS2/c18-15-14(22-26-23-15)11-25-9-8-19-17-20-10-13(16(24)21-17)7-6-12-4-2-1-3-5-12/h1-5,10H,6-9,11H2,(H2,19,20,21,24). The number of nitrogens with zero attached hydrogens (tertiary/aromatic N) is 3. The van der Waals surface area contributed by atoms with Crippen molar-refractivity contribution in [2.24, 2.45) is 0 Å². The molecule has 3 aromatic rings. The van der Waals surface area contributed by atoms with E-state index in [2.05, 4.69) is 36.2 Å². The van der Waals surface area contributed by atoms with Gasteiger partial charge in [-0.3, -0.25) is 9.78 Å². The van der Waals surface area contributed by atoms with Crippen LogP contribution in [0.4, 0.5) is 5.95 Å². The van der Waals surface area contributed by atoms with E-state index in [1.165, 1.54) is 5.56 Å². The van der Waals surface area contributed by atoms with Crippen LogP contribution in [0.25, 0.3) is 0 Å². The van der Waals surface area contributed by atoms with Gasteiger partial charge in [0.05, 0.1) is 11.7 Å². The van der Waals surface area contributed by atoms with Crippen LogP contribution in [0.3, 0.4) is 0 Å². The largest absolute Gasteiger partial charge is 0.355 e. The Kier molecular flexibility index (Phi) is 7.04. The molecule has 2 heterocycles. The Balaban J connectivity index is 1.42. The topological polar surface area (TPSA) is 83.6 Å². The van der Waals surface area contributed by atoms with Crippen molar-refractivity contribution in [1.82, 2.24) is 18.7 Å². The molecule has 0 saturated heterocycles. The number of nitrogens with one attached hydrogen (secondary N) is 2. The van der Waals surface area contributed by atoms with Gasteiger partial charge in [0.15, 0.2) is 5.15 Å². The minimum absolute atomic E-state index is 0.0913. The van der Waals surface area contributed by atoms with Crippen LogP contribution in [0.5, 0.6) is 0 Å². The highest BCUT2D eigenvalue weighted by Gasteiger charge is 2.06. The predicted octanol–water partition coefficient (Wildman–Crippen LogP) is 3.41. The summed E-state index contributed by atoms with van der Waals surface area (Å²) in [5.74, 6) is 2.06. The van der Waals surface area contributed by atoms with Gasteiger partial charge in [0, 0.05) is 29.8 Å². The zero-order valence-electron chi connectivity index (χ0n) is 13.9. The van der Waals surface area contributed by atoms with Gasteiger partial charge >= 0.3 is 0 Å². The fraction of sp³-hybridized carbons (Fsp3) is 0.294. The average molecular weight is 408 g/mol. The summed E-state index contributed by atoms with van der Waals surface area (Å²) in [5.41, 5.74) is 2.63. The Labute approximate surface area is 164 Å². The minimum Gasteiger partial charge on any atom is -0.355 e. The quantitative estimate of drug-likeness (QED) is 0.529. The van der Waals surface area contributed by atoms with E-state index in [1.807, 2.05) is 18.2 Å². The number of hydrogen-bond acceptors (Lipinski definition) is 7. The van der Waals surface area contributed by atoms with Gasteiger partial charge in [-0.25, -0.2) is 4.98 Å². The second-order valence-corrected chi connectivity index (χ2v) is 7.54. The monoisotopic (exact) mass is 407 g/mol. The Morgan fingerprint density at radius 3 is 2.77 bits per heavy atom. The van der Waals surface area contributed by atoms with E-state index in [-0.39, 0.29) is 5.56 Å². The number of halogens is 1. The molecule has 6 nitrogen and oxygen atoms in total. The van der Waals surface area contributed by atoms with Crippen molar-refractivity contribution >= 4 is 41.0 Å². The lowest BCUT2D eigenvalue weighted by atomic mass is 10.1. The van der Waals surface area contributed by atoms with Crippen LogP contribution in [0, 0.1) is 0 Å². The maximum Gasteiger partial charge on any atom is 0.255 e. The van der Waals surface area contributed by atoms with Crippen LogP contribution in [-0.2, 0) is 18.6 Å². The third kappa shape index (κ3) is 5.55. The van der Waals surface area contributed by atoms with Crippen molar-refractivity contribution in [1.29, 1.82) is 0 Å². The Morgan fingerprint density at radius 1 is 1.19 bits per heavy atom. The van der Waals surface area contributed by atoms with Crippen molar-refractivity contribution in [2.45, 2.75) is 18.6 Å². The lowest BCUT2D eigenvalue weighted by molar-refractivity contribution is 0.911. The van der Waals surface area contributed by atoms with Crippen LogP contribution in [0.1, 0.15) is 16.8 Å². The molecule has 9 heteroatoms. The molecule has 0 spiro atoms. The second kappa shape index (κ2) is 9.70. The number of rotatable bonds is 9. The maximum absolute atomic E-state index is 12.2. The summed E-state index contributed by atoms with van der Waals surface area (Å²) in [5, 5.41) is 3.61. The average Bonchev–Trinajstić information content (AvgIpc) is 3.06. The first-order valence-electron chi connectivity index (χ1n) is 8.13. The SMILES string of the molecule is O=c1[nH]c(NCCSCc2nsnc2Cl)ncc1CCc1ccccc1. The van der Waals surface area contributed by atoms with Crippen LogP contribution in [0.2, 0.25) is 5.15 Å². The van der Waals surface area contributed by atoms with Crippen molar-refractivity contribution in [3.05, 3.63) is 68.9 Å². The highest BCUT2D eigenvalue weighted by Crippen LogP contribution is 2.18. The molecule has 0 bridgehead atoms.